The largest absolute Gasteiger partial charge is 0.467 e. The lowest BCUT2D eigenvalue weighted by atomic mass is 9.99. The maximum Gasteiger partial charge on any atom is 0.328 e. The smallest absolute Gasteiger partial charge is 0.328 e. The van der Waals surface area contributed by atoms with Gasteiger partial charge in [-0.25, -0.2) is 9.78 Å². The standard InChI is InChI=1S/C19H20N2O3S/c1-10-6-7-14(8-11(10)2)15-13(4)25-17-16(15)18(22)21(9-20-17)12(3)19(23)24-5/h6-9,12H,1-5H3/t12-/m0/s1. The molecule has 0 aliphatic carbocycles. The fourth-order valence-corrected chi connectivity index (χ4v) is 3.92. The third-order valence-corrected chi connectivity index (χ3v) is 5.58. The van der Waals surface area contributed by atoms with E-state index >= 15 is 0 Å². The lowest BCUT2D eigenvalue weighted by molar-refractivity contribution is -0.144. The summed E-state index contributed by atoms with van der Waals surface area (Å²) < 4.78 is 6.10. The number of carbonyl (C=O) groups is 1. The zero-order chi connectivity index (χ0) is 18.3. The van der Waals surface area contributed by atoms with Crippen LogP contribution >= 0.6 is 11.3 Å². The Morgan fingerprint density at radius 1 is 1.24 bits per heavy atom. The van der Waals surface area contributed by atoms with Gasteiger partial charge in [0.05, 0.1) is 18.8 Å². The van der Waals surface area contributed by atoms with E-state index in [1.54, 1.807) is 6.92 Å². The van der Waals surface area contributed by atoms with Gasteiger partial charge in [0.2, 0.25) is 0 Å². The lowest BCUT2D eigenvalue weighted by Crippen LogP contribution is -2.29. The Morgan fingerprint density at radius 3 is 2.60 bits per heavy atom. The number of aromatic nitrogens is 2. The van der Waals surface area contributed by atoms with Crippen molar-refractivity contribution in [2.45, 2.75) is 33.7 Å². The first-order valence-electron chi connectivity index (χ1n) is 8.00. The normalized spacial score (nSPS) is 12.4. The van der Waals surface area contributed by atoms with Crippen molar-refractivity contribution in [1.82, 2.24) is 9.55 Å². The van der Waals surface area contributed by atoms with Crippen LogP contribution in [0, 0.1) is 20.8 Å². The Hall–Kier alpha value is -2.47. The van der Waals surface area contributed by atoms with Crippen LogP contribution in [0.2, 0.25) is 0 Å². The molecule has 0 aliphatic rings. The highest BCUT2D eigenvalue weighted by Crippen LogP contribution is 2.36. The first-order chi connectivity index (χ1) is 11.8. The van der Waals surface area contributed by atoms with Gasteiger partial charge in [0.25, 0.3) is 5.56 Å². The Bertz CT molecular complexity index is 1030. The number of aryl methyl sites for hydroxylation is 3. The molecule has 6 heteroatoms. The molecule has 0 fully saturated rings. The molecule has 2 heterocycles. The minimum Gasteiger partial charge on any atom is -0.467 e. The number of rotatable bonds is 3. The molecule has 25 heavy (non-hydrogen) atoms. The topological polar surface area (TPSA) is 61.2 Å². The highest BCUT2D eigenvalue weighted by Gasteiger charge is 2.22. The molecule has 2 aromatic heterocycles. The second-order valence-corrected chi connectivity index (χ2v) is 7.37. The molecular formula is C19H20N2O3S. The van der Waals surface area contributed by atoms with E-state index < -0.39 is 12.0 Å². The van der Waals surface area contributed by atoms with Gasteiger partial charge in [-0.05, 0) is 44.4 Å². The van der Waals surface area contributed by atoms with Gasteiger partial charge in [-0.1, -0.05) is 18.2 Å². The average molecular weight is 356 g/mol. The van der Waals surface area contributed by atoms with Gasteiger partial charge in [-0.3, -0.25) is 9.36 Å². The molecule has 0 unspecified atom stereocenters. The number of ether oxygens (including phenoxy) is 1. The Labute approximate surface area is 149 Å². The van der Waals surface area contributed by atoms with Crippen LogP contribution in [0.4, 0.5) is 0 Å². The molecule has 3 rings (SSSR count). The predicted octanol–water partition coefficient (Wildman–Crippen LogP) is 3.78. The number of nitrogens with zero attached hydrogens (tertiary/aromatic N) is 2. The van der Waals surface area contributed by atoms with Crippen LogP contribution in [0.5, 0.6) is 0 Å². The highest BCUT2D eigenvalue weighted by molar-refractivity contribution is 7.19. The molecule has 0 bridgehead atoms. The minimum atomic E-state index is -0.720. The summed E-state index contributed by atoms with van der Waals surface area (Å²) in [5.74, 6) is -0.470. The quantitative estimate of drug-likeness (QED) is 0.670. The maximum absolute atomic E-state index is 13.1. The molecular weight excluding hydrogens is 336 g/mol. The third kappa shape index (κ3) is 2.87. The number of benzene rings is 1. The summed E-state index contributed by atoms with van der Waals surface area (Å²) in [5.41, 5.74) is 4.04. The van der Waals surface area contributed by atoms with Gasteiger partial charge in [0.15, 0.2) is 0 Å². The monoisotopic (exact) mass is 356 g/mol. The van der Waals surface area contributed by atoms with E-state index in [0.717, 1.165) is 16.0 Å². The van der Waals surface area contributed by atoms with Crippen LogP contribution in [0.25, 0.3) is 21.3 Å². The molecule has 3 aromatic rings. The maximum atomic E-state index is 13.1. The first-order valence-corrected chi connectivity index (χ1v) is 8.82. The molecule has 130 valence electrons. The van der Waals surface area contributed by atoms with Crippen LogP contribution in [-0.4, -0.2) is 22.6 Å². The number of hydrogen-bond acceptors (Lipinski definition) is 5. The zero-order valence-corrected chi connectivity index (χ0v) is 15.7. The van der Waals surface area contributed by atoms with Gasteiger partial charge >= 0.3 is 5.97 Å². The van der Waals surface area contributed by atoms with Crippen LogP contribution < -0.4 is 5.56 Å². The fraction of sp³-hybridized carbons (Fsp3) is 0.316. The molecule has 0 saturated heterocycles. The summed E-state index contributed by atoms with van der Waals surface area (Å²) >= 11 is 1.49. The third-order valence-electron chi connectivity index (χ3n) is 4.57. The number of fused-ring (bicyclic) bond motifs is 1. The van der Waals surface area contributed by atoms with Crippen LogP contribution in [0.1, 0.15) is 29.0 Å². The number of hydrogen-bond donors (Lipinski definition) is 0. The molecule has 0 N–H and O–H groups in total. The zero-order valence-electron chi connectivity index (χ0n) is 14.9. The van der Waals surface area contributed by atoms with E-state index in [1.807, 2.05) is 13.0 Å². The van der Waals surface area contributed by atoms with E-state index in [4.69, 9.17) is 4.74 Å². The molecule has 1 aromatic carbocycles. The number of carbonyl (C=O) groups excluding carboxylic acids is 1. The molecule has 5 nitrogen and oxygen atoms in total. The number of methoxy groups -OCH3 is 1. The predicted molar refractivity (Wildman–Crippen MR) is 100 cm³/mol. The summed E-state index contributed by atoms with van der Waals surface area (Å²) in [6, 6.07) is 5.45. The van der Waals surface area contributed by atoms with Gasteiger partial charge < -0.3 is 4.74 Å². The molecule has 0 spiro atoms. The van der Waals surface area contributed by atoms with Crippen molar-refractivity contribution in [1.29, 1.82) is 0 Å². The summed E-state index contributed by atoms with van der Waals surface area (Å²) in [5, 5.41) is 0.559. The SMILES string of the molecule is COC(=O)[C@H](C)n1cnc2sc(C)c(-c3ccc(C)c(C)c3)c2c1=O. The summed E-state index contributed by atoms with van der Waals surface area (Å²) in [6.45, 7) is 7.74. The second kappa shape index (κ2) is 6.44. The molecule has 0 saturated carbocycles. The Balaban J connectivity index is 2.29. The molecule has 1 atom stereocenters. The van der Waals surface area contributed by atoms with Gasteiger partial charge in [0.1, 0.15) is 10.9 Å². The van der Waals surface area contributed by atoms with Crippen molar-refractivity contribution >= 4 is 27.5 Å². The second-order valence-electron chi connectivity index (χ2n) is 6.17. The van der Waals surface area contributed by atoms with E-state index in [9.17, 15) is 9.59 Å². The number of esters is 1. The van der Waals surface area contributed by atoms with Crippen LogP contribution in [0.3, 0.4) is 0 Å². The minimum absolute atomic E-state index is 0.222. The lowest BCUT2D eigenvalue weighted by Gasteiger charge is -2.12. The van der Waals surface area contributed by atoms with E-state index in [0.29, 0.717) is 10.2 Å². The average Bonchev–Trinajstić information content (AvgIpc) is 2.93. The van der Waals surface area contributed by atoms with Crippen LogP contribution in [-0.2, 0) is 9.53 Å². The Kier molecular flexibility index (Phi) is 4.47. The molecule has 0 aliphatic heterocycles. The van der Waals surface area contributed by atoms with Crippen molar-refractivity contribution < 1.29 is 9.53 Å². The van der Waals surface area contributed by atoms with Crippen molar-refractivity contribution in [3.8, 4) is 11.1 Å². The summed E-state index contributed by atoms with van der Waals surface area (Å²) in [7, 11) is 1.31. The Morgan fingerprint density at radius 2 is 1.96 bits per heavy atom. The van der Waals surface area contributed by atoms with Crippen molar-refractivity contribution in [2.75, 3.05) is 7.11 Å². The summed E-state index contributed by atoms with van der Waals surface area (Å²) in [6.07, 6.45) is 1.42. The fourth-order valence-electron chi connectivity index (χ4n) is 2.92. The first kappa shape index (κ1) is 17.4. The highest BCUT2D eigenvalue weighted by atomic mass is 32.1. The van der Waals surface area contributed by atoms with E-state index in [1.165, 1.54) is 40.5 Å². The van der Waals surface area contributed by atoms with Crippen molar-refractivity contribution in [3.63, 3.8) is 0 Å². The van der Waals surface area contributed by atoms with Crippen LogP contribution in [0.15, 0.2) is 29.3 Å². The number of thiophene rings is 1. The van der Waals surface area contributed by atoms with E-state index in [-0.39, 0.29) is 5.56 Å². The van der Waals surface area contributed by atoms with Gasteiger partial charge in [-0.2, -0.15) is 0 Å². The summed E-state index contributed by atoms with van der Waals surface area (Å²) in [4.78, 5) is 31.0. The van der Waals surface area contributed by atoms with E-state index in [2.05, 4.69) is 31.0 Å². The molecule has 0 radical (unpaired) electrons. The molecule has 0 amide bonds. The van der Waals surface area contributed by atoms with Crippen molar-refractivity contribution in [2.24, 2.45) is 0 Å². The van der Waals surface area contributed by atoms with Gasteiger partial charge in [-0.15, -0.1) is 11.3 Å². The van der Waals surface area contributed by atoms with Gasteiger partial charge in [0, 0.05) is 10.4 Å². The van der Waals surface area contributed by atoms with Crippen molar-refractivity contribution in [3.05, 3.63) is 50.9 Å².